The van der Waals surface area contributed by atoms with Crippen LogP contribution >= 0.6 is 27.3 Å². The van der Waals surface area contributed by atoms with Crippen molar-refractivity contribution in [1.82, 2.24) is 5.32 Å². The average molecular weight is 370 g/mol. The summed E-state index contributed by atoms with van der Waals surface area (Å²) in [6, 6.07) is 9.80. The van der Waals surface area contributed by atoms with E-state index in [0.717, 1.165) is 16.8 Å². The molecule has 0 bridgehead atoms. The van der Waals surface area contributed by atoms with Crippen molar-refractivity contribution in [3.63, 3.8) is 0 Å². The summed E-state index contributed by atoms with van der Waals surface area (Å²) in [6.07, 6.45) is -0.522. The van der Waals surface area contributed by atoms with Crippen LogP contribution in [0.3, 0.4) is 0 Å². The van der Waals surface area contributed by atoms with Gasteiger partial charge in [-0.1, -0.05) is 22.0 Å². The van der Waals surface area contributed by atoms with Crippen molar-refractivity contribution in [2.75, 3.05) is 13.2 Å². The van der Waals surface area contributed by atoms with Crippen LogP contribution in [0.1, 0.15) is 15.3 Å². The van der Waals surface area contributed by atoms with Crippen molar-refractivity contribution in [1.29, 1.82) is 0 Å². The van der Waals surface area contributed by atoms with Gasteiger partial charge in [-0.15, -0.1) is 11.3 Å². The van der Waals surface area contributed by atoms with Gasteiger partial charge in [-0.25, -0.2) is 0 Å². The summed E-state index contributed by atoms with van der Waals surface area (Å²) in [4.78, 5) is 2.65. The number of aryl methyl sites for hydroxylation is 2. The van der Waals surface area contributed by atoms with Crippen molar-refractivity contribution in [2.45, 2.75) is 26.5 Å². The fraction of sp³-hybridized carbons (Fsp3) is 0.375. The average Bonchev–Trinajstić information content (AvgIpc) is 2.75. The molecule has 5 heteroatoms. The Bertz CT molecular complexity index is 566. The van der Waals surface area contributed by atoms with Crippen molar-refractivity contribution < 1.29 is 9.84 Å². The van der Waals surface area contributed by atoms with Crippen LogP contribution in [-0.2, 0) is 6.54 Å². The molecule has 2 aromatic rings. The number of hydrogen-bond acceptors (Lipinski definition) is 4. The molecule has 1 heterocycles. The van der Waals surface area contributed by atoms with E-state index >= 15 is 0 Å². The molecular formula is C16H20BrNO2S. The Morgan fingerprint density at radius 3 is 2.81 bits per heavy atom. The molecule has 0 aliphatic rings. The summed E-state index contributed by atoms with van der Waals surface area (Å²) < 4.78 is 6.53. The molecule has 3 nitrogen and oxygen atoms in total. The smallest absolute Gasteiger partial charge is 0.120 e. The van der Waals surface area contributed by atoms with Gasteiger partial charge in [-0.05, 0) is 43.7 Å². The van der Waals surface area contributed by atoms with Crippen molar-refractivity contribution >= 4 is 27.3 Å². The van der Waals surface area contributed by atoms with Gasteiger partial charge in [0.15, 0.2) is 0 Å². The number of halogens is 1. The van der Waals surface area contributed by atoms with E-state index in [4.69, 9.17) is 4.74 Å². The normalized spacial score (nSPS) is 12.4. The van der Waals surface area contributed by atoms with Crippen LogP contribution in [0.25, 0.3) is 0 Å². The number of ether oxygens (including phenoxy) is 1. The largest absolute Gasteiger partial charge is 0.491 e. The minimum atomic E-state index is -0.522. The fourth-order valence-electron chi connectivity index (χ4n) is 1.91. The molecule has 1 aromatic carbocycles. The molecule has 1 atom stereocenters. The summed E-state index contributed by atoms with van der Waals surface area (Å²) in [6.45, 7) is 5.84. The van der Waals surface area contributed by atoms with Gasteiger partial charge in [0, 0.05) is 27.3 Å². The Balaban J connectivity index is 1.69. The SMILES string of the molecule is Cc1cc(CNCC(O)COc2cccc(Br)c2)sc1C. The standard InChI is InChI=1S/C16H20BrNO2S/c1-11-6-16(21-12(11)2)9-18-8-14(19)10-20-15-5-3-4-13(17)7-15/h3-7,14,18-19H,8-10H2,1-2H3. The highest BCUT2D eigenvalue weighted by atomic mass is 79.9. The summed E-state index contributed by atoms with van der Waals surface area (Å²) in [5.74, 6) is 0.757. The fourth-order valence-corrected chi connectivity index (χ4v) is 3.31. The van der Waals surface area contributed by atoms with Gasteiger partial charge in [-0.2, -0.15) is 0 Å². The molecule has 2 N–H and O–H groups in total. The van der Waals surface area contributed by atoms with E-state index in [-0.39, 0.29) is 6.61 Å². The predicted molar refractivity (Wildman–Crippen MR) is 91.1 cm³/mol. The lowest BCUT2D eigenvalue weighted by atomic mass is 10.3. The first-order valence-electron chi connectivity index (χ1n) is 6.87. The zero-order chi connectivity index (χ0) is 15.2. The Kier molecular flexibility index (Phi) is 6.23. The van der Waals surface area contributed by atoms with Crippen molar-refractivity contribution in [2.24, 2.45) is 0 Å². The van der Waals surface area contributed by atoms with Crippen molar-refractivity contribution in [3.05, 3.63) is 50.1 Å². The van der Waals surface area contributed by atoms with Crippen LogP contribution in [-0.4, -0.2) is 24.4 Å². The zero-order valence-corrected chi connectivity index (χ0v) is 14.6. The number of hydrogen-bond donors (Lipinski definition) is 2. The quantitative estimate of drug-likeness (QED) is 0.782. The van der Waals surface area contributed by atoms with E-state index in [1.54, 1.807) is 11.3 Å². The van der Waals surface area contributed by atoms with E-state index in [9.17, 15) is 5.11 Å². The Morgan fingerprint density at radius 1 is 1.33 bits per heavy atom. The molecule has 0 aliphatic carbocycles. The minimum Gasteiger partial charge on any atom is -0.491 e. The van der Waals surface area contributed by atoms with E-state index in [2.05, 4.69) is 41.2 Å². The molecule has 114 valence electrons. The molecule has 1 unspecified atom stereocenters. The van der Waals surface area contributed by atoms with Crippen LogP contribution in [0.5, 0.6) is 5.75 Å². The monoisotopic (exact) mass is 369 g/mol. The molecule has 0 radical (unpaired) electrons. The molecule has 21 heavy (non-hydrogen) atoms. The van der Waals surface area contributed by atoms with Gasteiger partial charge >= 0.3 is 0 Å². The van der Waals surface area contributed by atoms with Gasteiger partial charge in [-0.3, -0.25) is 0 Å². The second-order valence-electron chi connectivity index (χ2n) is 5.01. The third-order valence-corrected chi connectivity index (χ3v) is 4.78. The van der Waals surface area contributed by atoms with Gasteiger partial charge in [0.05, 0.1) is 0 Å². The first kappa shape index (κ1) is 16.5. The van der Waals surface area contributed by atoms with E-state index < -0.39 is 6.10 Å². The van der Waals surface area contributed by atoms with Gasteiger partial charge in [0.25, 0.3) is 0 Å². The Hall–Kier alpha value is -0.880. The molecule has 0 aliphatic heterocycles. The highest BCUT2D eigenvalue weighted by molar-refractivity contribution is 9.10. The van der Waals surface area contributed by atoms with E-state index in [1.807, 2.05) is 24.3 Å². The highest BCUT2D eigenvalue weighted by Crippen LogP contribution is 2.20. The third kappa shape index (κ3) is 5.43. The molecule has 2 rings (SSSR count). The first-order valence-corrected chi connectivity index (χ1v) is 8.48. The lowest BCUT2D eigenvalue weighted by Gasteiger charge is -2.13. The number of aliphatic hydroxyl groups excluding tert-OH is 1. The molecule has 1 aromatic heterocycles. The molecule has 0 spiro atoms. The Labute approximate surface area is 138 Å². The number of aliphatic hydroxyl groups is 1. The Morgan fingerprint density at radius 2 is 2.14 bits per heavy atom. The molecule has 0 fully saturated rings. The van der Waals surface area contributed by atoms with Crippen LogP contribution in [0, 0.1) is 13.8 Å². The van der Waals surface area contributed by atoms with E-state index in [0.29, 0.717) is 6.54 Å². The number of nitrogens with one attached hydrogen (secondary N) is 1. The second-order valence-corrected chi connectivity index (χ2v) is 7.26. The van der Waals surface area contributed by atoms with E-state index in [1.165, 1.54) is 15.3 Å². The summed E-state index contributed by atoms with van der Waals surface area (Å²) in [5.41, 5.74) is 1.33. The topological polar surface area (TPSA) is 41.5 Å². The maximum atomic E-state index is 9.92. The second kappa shape index (κ2) is 7.94. The van der Waals surface area contributed by atoms with Crippen LogP contribution in [0.15, 0.2) is 34.8 Å². The van der Waals surface area contributed by atoms with Crippen LogP contribution < -0.4 is 10.1 Å². The van der Waals surface area contributed by atoms with Gasteiger partial charge in [0.2, 0.25) is 0 Å². The lowest BCUT2D eigenvalue weighted by molar-refractivity contribution is 0.106. The van der Waals surface area contributed by atoms with Crippen molar-refractivity contribution in [3.8, 4) is 5.75 Å². The molecule has 0 saturated carbocycles. The van der Waals surface area contributed by atoms with Crippen LogP contribution in [0.4, 0.5) is 0 Å². The third-order valence-electron chi connectivity index (χ3n) is 3.13. The number of rotatable bonds is 7. The lowest BCUT2D eigenvalue weighted by Crippen LogP contribution is -2.30. The van der Waals surface area contributed by atoms with Gasteiger partial charge < -0.3 is 15.2 Å². The maximum absolute atomic E-state index is 9.92. The predicted octanol–water partition coefficient (Wildman–Crippen LogP) is 3.66. The molecule has 0 amide bonds. The zero-order valence-electron chi connectivity index (χ0n) is 12.2. The first-order chi connectivity index (χ1) is 10.0. The highest BCUT2D eigenvalue weighted by Gasteiger charge is 2.06. The number of benzene rings is 1. The molecule has 0 saturated heterocycles. The van der Waals surface area contributed by atoms with Gasteiger partial charge in [0.1, 0.15) is 18.5 Å². The summed E-state index contributed by atoms with van der Waals surface area (Å²) in [7, 11) is 0. The number of thiophene rings is 1. The van der Waals surface area contributed by atoms with Crippen LogP contribution in [0.2, 0.25) is 0 Å². The minimum absolute atomic E-state index is 0.284. The molecular weight excluding hydrogens is 350 g/mol. The summed E-state index contributed by atoms with van der Waals surface area (Å²) in [5, 5.41) is 13.2. The maximum Gasteiger partial charge on any atom is 0.120 e. The summed E-state index contributed by atoms with van der Waals surface area (Å²) >= 11 is 5.19.